The van der Waals surface area contributed by atoms with E-state index in [0.29, 0.717) is 18.9 Å². The van der Waals surface area contributed by atoms with Crippen LogP contribution in [-0.4, -0.2) is 46.8 Å². The molecule has 2 unspecified atom stereocenters. The molecule has 2 atom stereocenters. The van der Waals surface area contributed by atoms with Crippen LogP contribution in [0.1, 0.15) is 52.9 Å². The quantitative estimate of drug-likeness (QED) is 0.812. The van der Waals surface area contributed by atoms with Crippen LogP contribution in [0.3, 0.4) is 0 Å². The van der Waals surface area contributed by atoms with Gasteiger partial charge in [0, 0.05) is 13.1 Å². The molecule has 3 N–H and O–H groups in total. The Balaban J connectivity index is 2.35. The van der Waals surface area contributed by atoms with Gasteiger partial charge >= 0.3 is 12.1 Å². The molecule has 0 saturated carbocycles. The van der Waals surface area contributed by atoms with Crippen molar-refractivity contribution in [3.63, 3.8) is 0 Å². The van der Waals surface area contributed by atoms with E-state index in [1.807, 2.05) is 20.8 Å². The Morgan fingerprint density at radius 1 is 1.43 bits per heavy atom. The summed E-state index contributed by atoms with van der Waals surface area (Å²) in [6.07, 6.45) is 3.95. The van der Waals surface area contributed by atoms with E-state index in [9.17, 15) is 9.59 Å². The van der Waals surface area contributed by atoms with E-state index < -0.39 is 17.6 Å². The molecule has 1 aliphatic heterocycles. The number of aliphatic carboxylic acids is 1. The number of rotatable bonds is 5. The molecular weight excluding hydrogens is 272 g/mol. The van der Waals surface area contributed by atoms with Crippen LogP contribution < -0.4 is 5.73 Å². The summed E-state index contributed by atoms with van der Waals surface area (Å²) in [5, 5.41) is 8.75. The number of ether oxygens (including phenoxy) is 1. The molecule has 1 rings (SSSR count). The number of piperidine rings is 1. The maximum absolute atomic E-state index is 12.0. The molecule has 0 aliphatic carbocycles. The molecule has 1 heterocycles. The van der Waals surface area contributed by atoms with Gasteiger partial charge in [-0.15, -0.1) is 0 Å². The zero-order valence-corrected chi connectivity index (χ0v) is 13.3. The van der Waals surface area contributed by atoms with Gasteiger partial charge in [-0.05, 0) is 52.4 Å². The number of hydrogen-bond acceptors (Lipinski definition) is 4. The van der Waals surface area contributed by atoms with Crippen LogP contribution >= 0.6 is 0 Å². The first-order chi connectivity index (χ1) is 9.69. The Morgan fingerprint density at radius 3 is 2.67 bits per heavy atom. The molecule has 1 amide bonds. The standard InChI is InChI=1S/C15H28N2O4/c1-15(2,3)21-14(20)17-9-5-7-11(10-17)6-4-8-12(16)13(18)19/h11-12H,4-10,16H2,1-3H3,(H,18,19). The van der Waals surface area contributed by atoms with Gasteiger partial charge in [-0.3, -0.25) is 4.79 Å². The molecule has 1 saturated heterocycles. The Morgan fingerprint density at radius 2 is 2.10 bits per heavy atom. The molecule has 0 aromatic rings. The topological polar surface area (TPSA) is 92.9 Å². The average Bonchev–Trinajstić information content (AvgIpc) is 2.36. The number of carbonyl (C=O) groups is 2. The number of carbonyl (C=O) groups excluding carboxylic acids is 1. The first-order valence-corrected chi connectivity index (χ1v) is 7.65. The fourth-order valence-electron chi connectivity index (χ4n) is 2.54. The van der Waals surface area contributed by atoms with Crippen molar-refractivity contribution in [1.82, 2.24) is 4.90 Å². The first kappa shape index (κ1) is 17.8. The van der Waals surface area contributed by atoms with Crippen molar-refractivity contribution in [3.8, 4) is 0 Å². The number of hydrogen-bond donors (Lipinski definition) is 2. The molecule has 0 spiro atoms. The molecule has 1 aliphatic rings. The van der Waals surface area contributed by atoms with Crippen LogP contribution in [0.4, 0.5) is 4.79 Å². The van der Waals surface area contributed by atoms with Crippen molar-refractivity contribution in [3.05, 3.63) is 0 Å². The van der Waals surface area contributed by atoms with Crippen LogP contribution in [0.2, 0.25) is 0 Å². The van der Waals surface area contributed by atoms with Crippen LogP contribution in [-0.2, 0) is 9.53 Å². The summed E-state index contributed by atoms with van der Waals surface area (Å²) in [7, 11) is 0. The second-order valence-electron chi connectivity index (χ2n) is 6.81. The van der Waals surface area contributed by atoms with E-state index in [4.69, 9.17) is 15.6 Å². The summed E-state index contributed by atoms with van der Waals surface area (Å²) in [5.41, 5.74) is 5.02. The second kappa shape index (κ2) is 7.64. The number of nitrogens with two attached hydrogens (primary N) is 1. The number of nitrogens with zero attached hydrogens (tertiary/aromatic N) is 1. The number of carboxylic acid groups (broad SMARTS) is 1. The van der Waals surface area contributed by atoms with Gasteiger partial charge in [-0.2, -0.15) is 0 Å². The van der Waals surface area contributed by atoms with Crippen molar-refractivity contribution < 1.29 is 19.4 Å². The third-order valence-corrected chi connectivity index (χ3v) is 3.62. The average molecular weight is 300 g/mol. The Hall–Kier alpha value is -1.30. The lowest BCUT2D eigenvalue weighted by atomic mass is 9.92. The van der Waals surface area contributed by atoms with Gasteiger partial charge in [-0.25, -0.2) is 4.79 Å². The van der Waals surface area contributed by atoms with E-state index >= 15 is 0 Å². The van der Waals surface area contributed by atoms with E-state index in [-0.39, 0.29) is 6.09 Å². The van der Waals surface area contributed by atoms with Crippen molar-refractivity contribution in [1.29, 1.82) is 0 Å². The summed E-state index contributed by atoms with van der Waals surface area (Å²) in [6.45, 7) is 7.01. The maximum atomic E-state index is 12.0. The Bertz CT molecular complexity index is 365. The fourth-order valence-corrected chi connectivity index (χ4v) is 2.54. The molecule has 0 aromatic heterocycles. The predicted octanol–water partition coefficient (Wildman–Crippen LogP) is 2.22. The van der Waals surface area contributed by atoms with Crippen LogP contribution in [0.25, 0.3) is 0 Å². The summed E-state index contributed by atoms with van der Waals surface area (Å²) in [4.78, 5) is 24.5. The number of carboxylic acids is 1. The Kier molecular flexibility index (Phi) is 6.45. The van der Waals surface area contributed by atoms with Crippen LogP contribution in [0.15, 0.2) is 0 Å². The summed E-state index contributed by atoms with van der Waals surface area (Å²) in [6, 6.07) is -0.782. The first-order valence-electron chi connectivity index (χ1n) is 7.65. The highest BCUT2D eigenvalue weighted by atomic mass is 16.6. The lowest BCUT2D eigenvalue weighted by Gasteiger charge is -2.34. The van der Waals surface area contributed by atoms with Crippen molar-refractivity contribution >= 4 is 12.1 Å². The van der Waals surface area contributed by atoms with Gasteiger partial charge in [0.2, 0.25) is 0 Å². The Labute approximate surface area is 126 Å². The lowest BCUT2D eigenvalue weighted by Crippen LogP contribution is -2.43. The molecule has 6 heteroatoms. The van der Waals surface area contributed by atoms with Crippen LogP contribution in [0.5, 0.6) is 0 Å². The lowest BCUT2D eigenvalue weighted by molar-refractivity contribution is -0.138. The highest BCUT2D eigenvalue weighted by molar-refractivity contribution is 5.72. The van der Waals surface area contributed by atoms with Gasteiger partial charge in [0.1, 0.15) is 11.6 Å². The predicted molar refractivity (Wildman–Crippen MR) is 80.0 cm³/mol. The maximum Gasteiger partial charge on any atom is 0.410 e. The zero-order chi connectivity index (χ0) is 16.0. The third kappa shape index (κ3) is 6.80. The molecule has 122 valence electrons. The minimum Gasteiger partial charge on any atom is -0.480 e. The van der Waals surface area contributed by atoms with Crippen LogP contribution in [0, 0.1) is 5.92 Å². The number of amides is 1. The van der Waals surface area contributed by atoms with Gasteiger partial charge in [0.25, 0.3) is 0 Å². The summed E-state index contributed by atoms with van der Waals surface area (Å²) >= 11 is 0. The van der Waals surface area contributed by atoms with Crippen molar-refractivity contribution in [2.75, 3.05) is 13.1 Å². The third-order valence-electron chi connectivity index (χ3n) is 3.62. The number of likely N-dealkylation sites (tertiary alicyclic amines) is 1. The van der Waals surface area contributed by atoms with Crippen molar-refractivity contribution in [2.24, 2.45) is 11.7 Å². The molecule has 6 nitrogen and oxygen atoms in total. The molecule has 0 bridgehead atoms. The molecular formula is C15H28N2O4. The van der Waals surface area contributed by atoms with Gasteiger partial charge in [-0.1, -0.05) is 6.42 Å². The highest BCUT2D eigenvalue weighted by Gasteiger charge is 2.27. The van der Waals surface area contributed by atoms with Gasteiger partial charge in [0.05, 0.1) is 0 Å². The normalized spacial score (nSPS) is 21.0. The van der Waals surface area contributed by atoms with Crippen molar-refractivity contribution in [2.45, 2.75) is 64.5 Å². The molecule has 21 heavy (non-hydrogen) atoms. The van der Waals surface area contributed by atoms with E-state index in [1.54, 1.807) is 4.90 Å². The molecule has 0 radical (unpaired) electrons. The summed E-state index contributed by atoms with van der Waals surface area (Å²) < 4.78 is 5.39. The monoisotopic (exact) mass is 300 g/mol. The highest BCUT2D eigenvalue weighted by Crippen LogP contribution is 2.23. The minimum absolute atomic E-state index is 0.255. The largest absolute Gasteiger partial charge is 0.480 e. The summed E-state index contributed by atoms with van der Waals surface area (Å²) in [5.74, 6) is -0.540. The molecule has 1 fully saturated rings. The fraction of sp³-hybridized carbons (Fsp3) is 0.867. The van der Waals surface area contributed by atoms with E-state index in [1.165, 1.54) is 0 Å². The van der Waals surface area contributed by atoms with Gasteiger partial charge in [0.15, 0.2) is 0 Å². The SMILES string of the molecule is CC(C)(C)OC(=O)N1CCCC(CCCC(N)C(=O)O)C1. The van der Waals surface area contributed by atoms with E-state index in [2.05, 4.69) is 0 Å². The second-order valence-corrected chi connectivity index (χ2v) is 6.81. The minimum atomic E-state index is -0.950. The van der Waals surface area contributed by atoms with E-state index in [0.717, 1.165) is 32.2 Å². The van der Waals surface area contributed by atoms with Gasteiger partial charge < -0.3 is 20.5 Å². The smallest absolute Gasteiger partial charge is 0.410 e. The molecule has 0 aromatic carbocycles. The zero-order valence-electron chi connectivity index (χ0n) is 13.3.